The maximum Gasteiger partial charge on any atom is 0.331 e. The maximum absolute atomic E-state index is 12.6. The fraction of sp³-hybridized carbons (Fsp3) is 0.417. The van der Waals surface area contributed by atoms with Gasteiger partial charge in [0.25, 0.3) is 10.0 Å². The number of urea groups is 1. The first-order chi connectivity index (χ1) is 17.1. The smallest absolute Gasteiger partial charge is 0.331 e. The van der Waals surface area contributed by atoms with E-state index in [1.807, 2.05) is 4.72 Å². The van der Waals surface area contributed by atoms with Crippen LogP contribution >= 0.6 is 23.2 Å². The monoisotopic (exact) mass is 554 g/mol. The summed E-state index contributed by atoms with van der Waals surface area (Å²) in [6, 6.07) is 9.78. The highest BCUT2D eigenvalue weighted by molar-refractivity contribution is 7.90. The number of halogens is 2. The standard InChI is InChI=1S/C24H27Cl2N3O6S/c25-20-6-5-18(15-21(20)26)35-17-9-13-28(14-10-17)16-7-11-29(12-8-16)24(32)27-36(33,34)22-4-2-1-3-19(22)23(30)31/h1-6,15-17H,7-14H2,(H,27,32)(H,30,31)/p-1. The van der Waals surface area contributed by atoms with E-state index in [9.17, 15) is 23.1 Å². The summed E-state index contributed by atoms with van der Waals surface area (Å²) in [5, 5.41) is 12.2. The number of carbonyl (C=O) groups is 2. The van der Waals surface area contributed by atoms with Gasteiger partial charge in [0.05, 0.1) is 20.9 Å². The number of carboxylic acid groups (broad SMARTS) is 1. The normalized spacial score (nSPS) is 18.1. The Balaban J connectivity index is 1.26. The average Bonchev–Trinajstić information content (AvgIpc) is 2.86. The number of sulfonamides is 1. The molecule has 2 fully saturated rings. The number of ether oxygens (including phenoxy) is 1. The summed E-state index contributed by atoms with van der Waals surface area (Å²) >= 11 is 12.0. The number of likely N-dealkylation sites (tertiary alicyclic amines) is 2. The fourth-order valence-electron chi connectivity index (χ4n) is 4.64. The minimum absolute atomic E-state index is 0.0819. The van der Waals surface area contributed by atoms with Crippen molar-refractivity contribution in [3.63, 3.8) is 0 Å². The Bertz CT molecular complexity index is 1230. The molecule has 0 atom stereocenters. The van der Waals surface area contributed by atoms with Gasteiger partial charge in [0.15, 0.2) is 0 Å². The van der Waals surface area contributed by atoms with Crippen molar-refractivity contribution in [1.82, 2.24) is 14.5 Å². The van der Waals surface area contributed by atoms with E-state index >= 15 is 0 Å². The van der Waals surface area contributed by atoms with E-state index in [-0.39, 0.29) is 12.1 Å². The van der Waals surface area contributed by atoms with Gasteiger partial charge in [-0.05, 0) is 43.9 Å². The Kier molecular flexibility index (Phi) is 8.29. The summed E-state index contributed by atoms with van der Waals surface area (Å²) in [7, 11) is -4.36. The summed E-state index contributed by atoms with van der Waals surface area (Å²) in [5.74, 6) is -0.935. The molecule has 0 aliphatic carbocycles. The van der Waals surface area contributed by atoms with Crippen LogP contribution in [-0.2, 0) is 10.0 Å². The number of nitrogens with zero attached hydrogens (tertiary/aromatic N) is 2. The number of hydrogen-bond acceptors (Lipinski definition) is 7. The first-order valence-electron chi connectivity index (χ1n) is 11.6. The zero-order chi connectivity index (χ0) is 25.9. The Labute approximate surface area is 220 Å². The number of rotatable bonds is 6. The fourth-order valence-corrected chi connectivity index (χ4v) is 6.10. The van der Waals surface area contributed by atoms with Gasteiger partial charge < -0.3 is 19.5 Å². The van der Waals surface area contributed by atoms with Gasteiger partial charge in [0.1, 0.15) is 11.9 Å². The highest BCUT2D eigenvalue weighted by atomic mass is 35.5. The number of carbonyl (C=O) groups excluding carboxylic acids is 2. The molecule has 2 aliphatic rings. The van der Waals surface area contributed by atoms with Crippen LogP contribution in [0.5, 0.6) is 5.75 Å². The Morgan fingerprint density at radius 2 is 1.61 bits per heavy atom. The second-order valence-electron chi connectivity index (χ2n) is 8.84. The number of carboxylic acids is 1. The van der Waals surface area contributed by atoms with Gasteiger partial charge in [-0.15, -0.1) is 0 Å². The van der Waals surface area contributed by atoms with Crippen LogP contribution in [0.3, 0.4) is 0 Å². The summed E-state index contributed by atoms with van der Waals surface area (Å²) in [5.41, 5.74) is -0.497. The van der Waals surface area contributed by atoms with Gasteiger partial charge in [-0.1, -0.05) is 41.4 Å². The lowest BCUT2D eigenvalue weighted by Gasteiger charge is -2.41. The number of aromatic carboxylic acids is 1. The quantitative estimate of drug-likeness (QED) is 0.582. The molecular formula is C24H26Cl2N3O6S-. The van der Waals surface area contributed by atoms with Crippen molar-refractivity contribution in [3.05, 3.63) is 58.1 Å². The van der Waals surface area contributed by atoms with E-state index in [4.69, 9.17) is 27.9 Å². The lowest BCUT2D eigenvalue weighted by Crippen LogP contribution is -2.52. The molecule has 2 amide bonds. The lowest BCUT2D eigenvalue weighted by atomic mass is 9.99. The van der Waals surface area contributed by atoms with E-state index in [2.05, 4.69) is 4.90 Å². The van der Waals surface area contributed by atoms with Crippen LogP contribution in [0.15, 0.2) is 47.4 Å². The number of nitrogens with one attached hydrogen (secondary N) is 1. The first kappa shape index (κ1) is 26.5. The second-order valence-corrected chi connectivity index (χ2v) is 11.3. The van der Waals surface area contributed by atoms with Crippen molar-refractivity contribution in [1.29, 1.82) is 0 Å². The van der Waals surface area contributed by atoms with Crippen molar-refractivity contribution in [3.8, 4) is 5.75 Å². The topological polar surface area (TPSA) is 119 Å². The Morgan fingerprint density at radius 1 is 0.944 bits per heavy atom. The van der Waals surface area contributed by atoms with Crippen molar-refractivity contribution in [2.24, 2.45) is 0 Å². The molecule has 194 valence electrons. The SMILES string of the molecule is O=C([O-])c1ccccc1S(=O)(=O)NC(=O)N1CCC(N2CCC(Oc3ccc(Cl)c(Cl)c3)CC2)CC1. The Hall–Kier alpha value is -2.53. The van der Waals surface area contributed by atoms with Crippen molar-refractivity contribution in [2.45, 2.75) is 42.7 Å². The van der Waals surface area contributed by atoms with Crippen LogP contribution in [0.4, 0.5) is 4.79 Å². The number of hydrogen-bond donors (Lipinski definition) is 1. The molecule has 0 spiro atoms. The van der Waals surface area contributed by atoms with Crippen molar-refractivity contribution < 1.29 is 27.9 Å². The predicted octanol–water partition coefficient (Wildman–Crippen LogP) is 2.76. The molecule has 0 unspecified atom stereocenters. The molecule has 12 heteroatoms. The van der Waals surface area contributed by atoms with Crippen molar-refractivity contribution in [2.75, 3.05) is 26.2 Å². The predicted molar refractivity (Wildman–Crippen MR) is 133 cm³/mol. The highest BCUT2D eigenvalue weighted by Gasteiger charge is 2.32. The zero-order valence-corrected chi connectivity index (χ0v) is 21.7. The molecule has 36 heavy (non-hydrogen) atoms. The van der Waals surface area contributed by atoms with Crippen molar-refractivity contribution >= 4 is 45.2 Å². The Morgan fingerprint density at radius 3 is 2.25 bits per heavy atom. The summed E-state index contributed by atoms with van der Waals surface area (Å²) < 4.78 is 33.3. The van der Waals surface area contributed by atoms with E-state index in [0.29, 0.717) is 41.7 Å². The van der Waals surface area contributed by atoms with Gasteiger partial charge in [-0.25, -0.2) is 17.9 Å². The van der Waals surface area contributed by atoms with Crippen LogP contribution < -0.4 is 14.6 Å². The summed E-state index contributed by atoms with van der Waals surface area (Å²) in [6.45, 7) is 2.51. The first-order valence-corrected chi connectivity index (χ1v) is 13.9. The number of piperidine rings is 2. The van der Waals surface area contributed by atoms with Crippen LogP contribution in [-0.4, -0.2) is 68.5 Å². The van der Waals surface area contributed by atoms with E-state index in [0.717, 1.165) is 38.1 Å². The molecule has 0 aromatic heterocycles. The van der Waals surface area contributed by atoms with Crippen LogP contribution in [0.2, 0.25) is 10.0 Å². The van der Waals surface area contributed by atoms with Gasteiger partial charge in [0, 0.05) is 43.9 Å². The molecule has 4 rings (SSSR count). The molecule has 2 aliphatic heterocycles. The minimum atomic E-state index is -4.36. The molecule has 0 bridgehead atoms. The largest absolute Gasteiger partial charge is 0.545 e. The summed E-state index contributed by atoms with van der Waals surface area (Å²) in [6.07, 6.45) is 3.22. The third kappa shape index (κ3) is 6.23. The third-order valence-electron chi connectivity index (χ3n) is 6.56. The van der Waals surface area contributed by atoms with E-state index in [1.54, 1.807) is 18.2 Å². The van der Waals surface area contributed by atoms with Crippen LogP contribution in [0.25, 0.3) is 0 Å². The lowest BCUT2D eigenvalue weighted by molar-refractivity contribution is -0.255. The molecule has 1 N–H and O–H groups in total. The van der Waals surface area contributed by atoms with Gasteiger partial charge >= 0.3 is 6.03 Å². The molecule has 9 nitrogen and oxygen atoms in total. The molecular weight excluding hydrogens is 529 g/mol. The van der Waals surface area contributed by atoms with Gasteiger partial charge in [-0.2, -0.15) is 0 Å². The third-order valence-corrected chi connectivity index (χ3v) is 8.67. The number of benzene rings is 2. The van der Waals surface area contributed by atoms with E-state index < -0.39 is 32.5 Å². The number of amides is 2. The second kappa shape index (κ2) is 11.2. The average molecular weight is 555 g/mol. The van der Waals surface area contributed by atoms with Gasteiger partial charge in [-0.3, -0.25) is 4.90 Å². The summed E-state index contributed by atoms with van der Waals surface area (Å²) in [4.78, 5) is 27.2. The molecule has 2 saturated heterocycles. The molecule has 2 aromatic carbocycles. The molecule has 0 saturated carbocycles. The van der Waals surface area contributed by atoms with E-state index in [1.165, 1.54) is 17.0 Å². The molecule has 2 aromatic rings. The highest BCUT2D eigenvalue weighted by Crippen LogP contribution is 2.29. The van der Waals surface area contributed by atoms with Gasteiger partial charge in [0.2, 0.25) is 0 Å². The minimum Gasteiger partial charge on any atom is -0.545 e. The molecule has 2 heterocycles. The maximum atomic E-state index is 12.6. The molecule has 0 radical (unpaired) electrons. The zero-order valence-electron chi connectivity index (χ0n) is 19.4. The van der Waals surface area contributed by atoms with Crippen LogP contribution in [0.1, 0.15) is 36.0 Å². The van der Waals surface area contributed by atoms with Crippen LogP contribution in [0, 0.1) is 0 Å².